The second-order valence-corrected chi connectivity index (χ2v) is 6.44. The standard InChI is InChI=1S/C18H21N3OS/c1-22-15-6-10-17(11-7-15)23-16-8-4-14(5-9-16)21-18-19-12-2-3-13-20-18/h4-11H,2-3,12-13H2,1H3,(H2,19,20,21). The van der Waals surface area contributed by atoms with Crippen LogP contribution < -0.4 is 15.4 Å². The molecular formula is C18H21N3OS. The molecule has 0 fully saturated rings. The molecule has 0 radical (unpaired) electrons. The van der Waals surface area contributed by atoms with Crippen molar-refractivity contribution in [1.82, 2.24) is 5.32 Å². The fourth-order valence-corrected chi connectivity index (χ4v) is 3.11. The van der Waals surface area contributed by atoms with Crippen molar-refractivity contribution in [3.8, 4) is 5.75 Å². The molecule has 0 amide bonds. The number of anilines is 1. The summed E-state index contributed by atoms with van der Waals surface area (Å²) in [6, 6.07) is 16.5. The molecule has 2 N–H and O–H groups in total. The maximum absolute atomic E-state index is 5.18. The van der Waals surface area contributed by atoms with Crippen LogP contribution in [0.2, 0.25) is 0 Å². The van der Waals surface area contributed by atoms with Gasteiger partial charge >= 0.3 is 0 Å². The number of rotatable bonds is 4. The lowest BCUT2D eigenvalue weighted by Crippen LogP contribution is -2.30. The van der Waals surface area contributed by atoms with E-state index in [4.69, 9.17) is 4.74 Å². The highest BCUT2D eigenvalue weighted by molar-refractivity contribution is 7.99. The summed E-state index contributed by atoms with van der Waals surface area (Å²) in [5.74, 6) is 1.75. The largest absolute Gasteiger partial charge is 0.497 e. The second-order valence-electron chi connectivity index (χ2n) is 5.29. The number of nitrogens with zero attached hydrogens (tertiary/aromatic N) is 1. The zero-order chi connectivity index (χ0) is 15.9. The van der Waals surface area contributed by atoms with E-state index >= 15 is 0 Å². The summed E-state index contributed by atoms with van der Waals surface area (Å²) in [4.78, 5) is 6.90. The van der Waals surface area contributed by atoms with E-state index in [0.717, 1.165) is 36.9 Å². The van der Waals surface area contributed by atoms with Gasteiger partial charge in [-0.05, 0) is 61.4 Å². The third-order valence-corrected chi connectivity index (χ3v) is 4.58. The molecule has 1 aliphatic rings. The summed E-state index contributed by atoms with van der Waals surface area (Å²) in [6.07, 6.45) is 2.32. The zero-order valence-electron chi connectivity index (χ0n) is 13.2. The molecule has 23 heavy (non-hydrogen) atoms. The Bertz CT molecular complexity index is 653. The second kappa shape index (κ2) is 7.92. The number of aliphatic imine (C=N–C) groups is 1. The molecule has 0 saturated heterocycles. The average molecular weight is 327 g/mol. The highest BCUT2D eigenvalue weighted by atomic mass is 32.2. The van der Waals surface area contributed by atoms with Crippen LogP contribution in [0, 0.1) is 0 Å². The van der Waals surface area contributed by atoms with Crippen molar-refractivity contribution < 1.29 is 4.74 Å². The van der Waals surface area contributed by atoms with E-state index in [1.807, 2.05) is 12.1 Å². The van der Waals surface area contributed by atoms with Crippen LogP contribution in [0.15, 0.2) is 63.3 Å². The lowest BCUT2D eigenvalue weighted by atomic mass is 10.3. The molecule has 0 bridgehead atoms. The van der Waals surface area contributed by atoms with Gasteiger partial charge in [0.1, 0.15) is 5.75 Å². The quantitative estimate of drug-likeness (QED) is 0.891. The van der Waals surface area contributed by atoms with Gasteiger partial charge in [0.15, 0.2) is 5.96 Å². The van der Waals surface area contributed by atoms with Crippen molar-refractivity contribution in [3.63, 3.8) is 0 Å². The molecule has 0 atom stereocenters. The number of guanidine groups is 1. The molecule has 120 valence electrons. The van der Waals surface area contributed by atoms with Crippen LogP contribution >= 0.6 is 11.8 Å². The van der Waals surface area contributed by atoms with Crippen molar-refractivity contribution in [2.24, 2.45) is 4.99 Å². The Morgan fingerprint density at radius 3 is 2.39 bits per heavy atom. The van der Waals surface area contributed by atoms with Crippen molar-refractivity contribution in [1.29, 1.82) is 0 Å². The Morgan fingerprint density at radius 1 is 1.00 bits per heavy atom. The van der Waals surface area contributed by atoms with E-state index in [1.165, 1.54) is 16.2 Å². The van der Waals surface area contributed by atoms with Gasteiger partial charge in [-0.2, -0.15) is 0 Å². The molecule has 0 aromatic heterocycles. The van der Waals surface area contributed by atoms with E-state index in [0.29, 0.717) is 0 Å². The lowest BCUT2D eigenvalue weighted by molar-refractivity contribution is 0.414. The van der Waals surface area contributed by atoms with Crippen molar-refractivity contribution in [2.75, 3.05) is 25.5 Å². The monoisotopic (exact) mass is 327 g/mol. The highest BCUT2D eigenvalue weighted by Gasteiger charge is 2.04. The molecule has 0 spiro atoms. The number of benzene rings is 2. The summed E-state index contributed by atoms with van der Waals surface area (Å²) < 4.78 is 5.18. The Morgan fingerprint density at radius 2 is 1.70 bits per heavy atom. The Hall–Kier alpha value is -2.14. The molecule has 5 heteroatoms. The summed E-state index contributed by atoms with van der Waals surface area (Å²) in [5.41, 5.74) is 1.05. The minimum absolute atomic E-state index is 0.873. The van der Waals surface area contributed by atoms with Gasteiger partial charge in [-0.15, -0.1) is 0 Å². The van der Waals surface area contributed by atoms with Crippen LogP contribution in [-0.4, -0.2) is 26.2 Å². The predicted molar refractivity (Wildman–Crippen MR) is 96.7 cm³/mol. The van der Waals surface area contributed by atoms with Gasteiger partial charge in [0.25, 0.3) is 0 Å². The van der Waals surface area contributed by atoms with Gasteiger partial charge in [0, 0.05) is 28.6 Å². The normalized spacial score (nSPS) is 14.4. The minimum atomic E-state index is 0.873. The van der Waals surface area contributed by atoms with Crippen LogP contribution in [0.4, 0.5) is 5.69 Å². The number of nitrogens with one attached hydrogen (secondary N) is 2. The first-order valence-electron chi connectivity index (χ1n) is 7.81. The molecule has 4 nitrogen and oxygen atoms in total. The summed E-state index contributed by atoms with van der Waals surface area (Å²) in [5, 5.41) is 6.66. The van der Waals surface area contributed by atoms with Gasteiger partial charge in [-0.1, -0.05) is 11.8 Å². The fraction of sp³-hybridized carbons (Fsp3) is 0.278. The third kappa shape index (κ3) is 4.66. The Balaban J connectivity index is 1.60. The van der Waals surface area contributed by atoms with Crippen LogP contribution in [0.5, 0.6) is 5.75 Å². The van der Waals surface area contributed by atoms with Crippen LogP contribution in [-0.2, 0) is 0 Å². The smallest absolute Gasteiger partial charge is 0.195 e. The van der Waals surface area contributed by atoms with Crippen LogP contribution in [0.25, 0.3) is 0 Å². The van der Waals surface area contributed by atoms with E-state index in [2.05, 4.69) is 52.0 Å². The van der Waals surface area contributed by atoms with Gasteiger partial charge < -0.3 is 15.4 Å². The maximum atomic E-state index is 5.18. The first-order chi connectivity index (χ1) is 11.3. The number of hydrogen-bond acceptors (Lipinski definition) is 5. The van der Waals surface area contributed by atoms with Gasteiger partial charge in [-0.25, -0.2) is 0 Å². The minimum Gasteiger partial charge on any atom is -0.497 e. The SMILES string of the molecule is COc1ccc(Sc2ccc(NC3=NCCCCN3)cc2)cc1. The molecule has 1 heterocycles. The topological polar surface area (TPSA) is 45.6 Å². The number of ether oxygens (including phenoxy) is 1. The third-order valence-electron chi connectivity index (χ3n) is 3.56. The van der Waals surface area contributed by atoms with Gasteiger partial charge in [-0.3, -0.25) is 4.99 Å². The molecule has 1 aliphatic heterocycles. The molecule has 2 aromatic rings. The predicted octanol–water partition coefficient (Wildman–Crippen LogP) is 4.00. The van der Waals surface area contributed by atoms with Gasteiger partial charge in [0.2, 0.25) is 0 Å². The highest BCUT2D eigenvalue weighted by Crippen LogP contribution is 2.29. The molecule has 0 unspecified atom stereocenters. The molecule has 0 aliphatic carbocycles. The van der Waals surface area contributed by atoms with E-state index in [1.54, 1.807) is 18.9 Å². The first-order valence-corrected chi connectivity index (χ1v) is 8.62. The molecular weight excluding hydrogens is 306 g/mol. The number of hydrogen-bond donors (Lipinski definition) is 2. The number of methoxy groups -OCH3 is 1. The van der Waals surface area contributed by atoms with Crippen molar-refractivity contribution >= 4 is 23.4 Å². The summed E-state index contributed by atoms with van der Waals surface area (Å²) in [7, 11) is 1.68. The molecule has 2 aromatic carbocycles. The first kappa shape index (κ1) is 15.7. The average Bonchev–Trinajstić information content (AvgIpc) is 2.86. The summed E-state index contributed by atoms with van der Waals surface area (Å²) >= 11 is 1.74. The Labute approximate surface area is 141 Å². The Kier molecular flexibility index (Phi) is 5.42. The maximum Gasteiger partial charge on any atom is 0.195 e. The van der Waals surface area contributed by atoms with E-state index < -0.39 is 0 Å². The van der Waals surface area contributed by atoms with Crippen molar-refractivity contribution in [3.05, 3.63) is 48.5 Å². The lowest BCUT2D eigenvalue weighted by Gasteiger charge is -2.10. The molecule has 0 saturated carbocycles. The zero-order valence-corrected chi connectivity index (χ0v) is 14.0. The van der Waals surface area contributed by atoms with E-state index in [9.17, 15) is 0 Å². The summed E-state index contributed by atoms with van der Waals surface area (Å²) in [6.45, 7) is 1.87. The van der Waals surface area contributed by atoms with Crippen molar-refractivity contribution in [2.45, 2.75) is 22.6 Å². The van der Waals surface area contributed by atoms with Gasteiger partial charge in [0.05, 0.1) is 7.11 Å². The van der Waals surface area contributed by atoms with Crippen LogP contribution in [0.1, 0.15) is 12.8 Å². The molecule has 3 rings (SSSR count). The fourth-order valence-electron chi connectivity index (χ4n) is 2.30. The van der Waals surface area contributed by atoms with Crippen LogP contribution in [0.3, 0.4) is 0 Å². The van der Waals surface area contributed by atoms with E-state index in [-0.39, 0.29) is 0 Å².